The lowest BCUT2D eigenvalue weighted by Gasteiger charge is -2.05. The number of fused-ring (bicyclic) bond motifs is 2. The van der Waals surface area contributed by atoms with E-state index >= 15 is 0 Å². The molecule has 0 amide bonds. The lowest BCUT2D eigenvalue weighted by molar-refractivity contribution is 0.977. The lowest BCUT2D eigenvalue weighted by Crippen LogP contribution is -1.98. The zero-order valence-electron chi connectivity index (χ0n) is 14.1. The Morgan fingerprint density at radius 2 is 1.70 bits per heavy atom. The third kappa shape index (κ3) is 3.08. The lowest BCUT2D eigenvalue weighted by atomic mass is 10.3. The Hall–Kier alpha value is -2.13. The summed E-state index contributed by atoms with van der Waals surface area (Å²) in [4.78, 5) is 14.1. The molecule has 0 bridgehead atoms. The Balaban J connectivity index is 1.68. The number of thiazole rings is 2. The van der Waals surface area contributed by atoms with E-state index < -0.39 is 0 Å². The van der Waals surface area contributed by atoms with E-state index in [4.69, 9.17) is 17.2 Å². The topological polar surface area (TPSA) is 43.6 Å². The zero-order chi connectivity index (χ0) is 18.4. The molecule has 0 atom stereocenters. The number of rotatable bonds is 3. The van der Waals surface area contributed by atoms with E-state index in [1.165, 1.54) is 4.70 Å². The molecular weight excluding hydrogens is 413 g/mol. The molecule has 0 unspecified atom stereocenters. The summed E-state index contributed by atoms with van der Waals surface area (Å²) in [6.07, 6.45) is 0. The second kappa shape index (κ2) is 6.79. The minimum atomic E-state index is 0.726. The van der Waals surface area contributed by atoms with Gasteiger partial charge in [0.15, 0.2) is 13.9 Å². The first-order valence-electron chi connectivity index (χ1n) is 8.18. The molecule has 0 aliphatic rings. The second-order valence-electron chi connectivity index (χ2n) is 5.82. The molecule has 0 radical (unpaired) electrons. The van der Waals surface area contributed by atoms with E-state index in [1.807, 2.05) is 60.0 Å². The van der Waals surface area contributed by atoms with Gasteiger partial charge in [-0.1, -0.05) is 41.7 Å². The van der Waals surface area contributed by atoms with Gasteiger partial charge in [-0.15, -0.1) is 11.3 Å². The van der Waals surface area contributed by atoms with Crippen molar-refractivity contribution in [1.82, 2.24) is 19.5 Å². The molecule has 0 fully saturated rings. The van der Waals surface area contributed by atoms with Crippen molar-refractivity contribution in [2.24, 2.45) is 0 Å². The van der Waals surface area contributed by atoms with Gasteiger partial charge < -0.3 is 0 Å². The molecule has 0 spiro atoms. The molecule has 4 nitrogen and oxygen atoms in total. The van der Waals surface area contributed by atoms with Crippen molar-refractivity contribution in [1.29, 1.82) is 0 Å². The van der Waals surface area contributed by atoms with Gasteiger partial charge in [-0.05, 0) is 55.2 Å². The number of aryl methyl sites for hydroxylation is 1. The van der Waals surface area contributed by atoms with Crippen molar-refractivity contribution in [3.05, 3.63) is 64.4 Å². The monoisotopic (exact) mass is 424 g/mol. The van der Waals surface area contributed by atoms with Crippen LogP contribution in [0.5, 0.6) is 0 Å². The second-order valence-corrected chi connectivity index (χ2v) is 9.73. The van der Waals surface area contributed by atoms with Crippen LogP contribution in [0, 0.1) is 10.9 Å². The quantitative estimate of drug-likeness (QED) is 0.252. The van der Waals surface area contributed by atoms with Gasteiger partial charge in [0.2, 0.25) is 0 Å². The van der Waals surface area contributed by atoms with E-state index in [0.717, 1.165) is 40.7 Å². The summed E-state index contributed by atoms with van der Waals surface area (Å²) in [5, 5.41) is 0.905. The molecule has 0 saturated heterocycles. The summed E-state index contributed by atoms with van der Waals surface area (Å²) in [5.41, 5.74) is 2.89. The normalized spacial score (nSPS) is 11.4. The van der Waals surface area contributed by atoms with Crippen molar-refractivity contribution < 1.29 is 0 Å². The maximum Gasteiger partial charge on any atom is 0.168 e. The standard InChI is InChI=1S/C19H12N4S4/c1-11-20-16-15(26-19(24)23(16)12-7-3-2-4-8-12)17(21-11)27-18-22-13-9-5-6-10-14(13)25-18/h2-10H,1H3. The van der Waals surface area contributed by atoms with Crippen molar-refractivity contribution in [3.63, 3.8) is 0 Å². The maximum absolute atomic E-state index is 5.65. The number of para-hydroxylation sites is 2. The van der Waals surface area contributed by atoms with Gasteiger partial charge in [-0.25, -0.2) is 15.0 Å². The van der Waals surface area contributed by atoms with Gasteiger partial charge in [0, 0.05) is 5.69 Å². The van der Waals surface area contributed by atoms with Crippen LogP contribution in [0.3, 0.4) is 0 Å². The fourth-order valence-electron chi connectivity index (χ4n) is 2.83. The highest BCUT2D eigenvalue weighted by Crippen LogP contribution is 2.39. The van der Waals surface area contributed by atoms with Crippen molar-refractivity contribution >= 4 is 67.2 Å². The van der Waals surface area contributed by atoms with E-state index in [2.05, 4.69) is 16.0 Å². The molecule has 132 valence electrons. The summed E-state index contributed by atoms with van der Waals surface area (Å²) in [6.45, 7) is 1.91. The Morgan fingerprint density at radius 3 is 2.52 bits per heavy atom. The third-order valence-electron chi connectivity index (χ3n) is 3.98. The summed E-state index contributed by atoms with van der Waals surface area (Å²) >= 11 is 10.4. The van der Waals surface area contributed by atoms with Crippen LogP contribution in [0.2, 0.25) is 0 Å². The van der Waals surface area contributed by atoms with E-state index in [1.54, 1.807) is 34.4 Å². The average Bonchev–Trinajstić information content (AvgIpc) is 3.22. The molecule has 2 aromatic carbocycles. The van der Waals surface area contributed by atoms with E-state index in [-0.39, 0.29) is 0 Å². The highest BCUT2D eigenvalue weighted by atomic mass is 32.2. The highest BCUT2D eigenvalue weighted by molar-refractivity contribution is 8.01. The molecule has 5 rings (SSSR count). The molecule has 3 aromatic heterocycles. The van der Waals surface area contributed by atoms with Crippen LogP contribution in [0.15, 0.2) is 64.0 Å². The summed E-state index contributed by atoms with van der Waals surface area (Å²) in [6, 6.07) is 18.3. The van der Waals surface area contributed by atoms with Crippen LogP contribution in [0.1, 0.15) is 5.82 Å². The van der Waals surface area contributed by atoms with Crippen LogP contribution in [-0.4, -0.2) is 19.5 Å². The van der Waals surface area contributed by atoms with Crippen LogP contribution in [0.25, 0.3) is 26.3 Å². The molecule has 5 aromatic rings. The Kier molecular flexibility index (Phi) is 4.28. The Bertz CT molecular complexity index is 1300. The fourth-order valence-corrected chi connectivity index (χ4v) is 6.39. The minimum absolute atomic E-state index is 0.726. The predicted molar refractivity (Wildman–Crippen MR) is 116 cm³/mol. The SMILES string of the molecule is Cc1nc(Sc2nc3ccccc3s2)c2sc(=S)n(-c3ccccc3)c2n1. The molecule has 0 N–H and O–H groups in total. The number of nitrogens with zero attached hydrogens (tertiary/aromatic N) is 4. The van der Waals surface area contributed by atoms with Crippen molar-refractivity contribution in [3.8, 4) is 5.69 Å². The molecule has 0 aliphatic carbocycles. The molecule has 3 heterocycles. The number of hydrogen-bond donors (Lipinski definition) is 0. The fraction of sp³-hybridized carbons (Fsp3) is 0.0526. The number of benzene rings is 2. The van der Waals surface area contributed by atoms with Crippen molar-refractivity contribution in [2.45, 2.75) is 16.3 Å². The summed E-state index contributed by atoms with van der Waals surface area (Å²) in [5.74, 6) is 0.726. The van der Waals surface area contributed by atoms with Gasteiger partial charge >= 0.3 is 0 Å². The largest absolute Gasteiger partial charge is 0.276 e. The summed E-state index contributed by atoms with van der Waals surface area (Å²) < 4.78 is 5.94. The molecular formula is C19H12N4S4. The molecule has 0 saturated carbocycles. The first-order valence-corrected chi connectivity index (χ1v) is 11.0. The zero-order valence-corrected chi connectivity index (χ0v) is 17.4. The van der Waals surface area contributed by atoms with Crippen LogP contribution in [-0.2, 0) is 0 Å². The Morgan fingerprint density at radius 1 is 0.926 bits per heavy atom. The van der Waals surface area contributed by atoms with Gasteiger partial charge in [0.1, 0.15) is 15.6 Å². The smallest absolute Gasteiger partial charge is 0.168 e. The predicted octanol–water partition coefficient (Wildman–Crippen LogP) is 6.28. The molecule has 8 heteroatoms. The van der Waals surface area contributed by atoms with Crippen LogP contribution < -0.4 is 0 Å². The van der Waals surface area contributed by atoms with Gasteiger partial charge in [0.05, 0.1) is 10.2 Å². The van der Waals surface area contributed by atoms with Gasteiger partial charge in [-0.2, -0.15) is 0 Å². The molecule has 0 aliphatic heterocycles. The highest BCUT2D eigenvalue weighted by Gasteiger charge is 2.17. The van der Waals surface area contributed by atoms with Gasteiger partial charge in [-0.3, -0.25) is 4.57 Å². The van der Waals surface area contributed by atoms with Crippen LogP contribution in [0.4, 0.5) is 0 Å². The first kappa shape index (κ1) is 17.0. The number of aromatic nitrogens is 4. The van der Waals surface area contributed by atoms with E-state index in [0.29, 0.717) is 0 Å². The van der Waals surface area contributed by atoms with Gasteiger partial charge in [0.25, 0.3) is 0 Å². The Labute approximate surface area is 172 Å². The first-order chi connectivity index (χ1) is 13.2. The average molecular weight is 425 g/mol. The van der Waals surface area contributed by atoms with E-state index in [9.17, 15) is 0 Å². The van der Waals surface area contributed by atoms with Crippen LogP contribution >= 0.6 is 46.7 Å². The third-order valence-corrected chi connectivity index (χ3v) is 7.57. The molecule has 27 heavy (non-hydrogen) atoms. The van der Waals surface area contributed by atoms with Crippen molar-refractivity contribution in [2.75, 3.05) is 0 Å². The summed E-state index contributed by atoms with van der Waals surface area (Å²) in [7, 11) is 0. The minimum Gasteiger partial charge on any atom is -0.276 e. The maximum atomic E-state index is 5.65. The number of hydrogen-bond acceptors (Lipinski definition) is 7.